The number of rotatable bonds is 3. The van der Waals surface area contributed by atoms with Crippen molar-refractivity contribution in [1.29, 1.82) is 5.26 Å². The lowest BCUT2D eigenvalue weighted by Crippen LogP contribution is -1.91. The summed E-state index contributed by atoms with van der Waals surface area (Å²) in [6, 6.07) is 7.57. The second-order valence-corrected chi connectivity index (χ2v) is 4.48. The highest BCUT2D eigenvalue weighted by molar-refractivity contribution is 7.14. The average molecular weight is 260 g/mol. The second-order valence-electron chi connectivity index (χ2n) is 3.57. The van der Waals surface area contributed by atoms with Crippen molar-refractivity contribution >= 4 is 16.3 Å². The van der Waals surface area contributed by atoms with Crippen molar-refractivity contribution in [3.05, 3.63) is 29.1 Å². The minimum absolute atomic E-state index is 0.478. The van der Waals surface area contributed by atoms with Crippen molar-refractivity contribution in [2.24, 2.45) is 0 Å². The van der Waals surface area contributed by atoms with E-state index in [0.29, 0.717) is 22.1 Å². The molecule has 0 aliphatic carbocycles. The maximum atomic E-state index is 9.14. The molecular weight excluding hydrogens is 248 g/mol. The number of hydrogen-bond donors (Lipinski definition) is 1. The fraction of sp³-hybridized carbons (Fsp3) is 0.154. The first-order valence-corrected chi connectivity index (χ1v) is 6.08. The topological polar surface area (TPSA) is 68.3 Å². The normalized spacial score (nSPS) is 9.83. The number of hydrogen-bond acceptors (Lipinski definition) is 5. The van der Waals surface area contributed by atoms with Crippen LogP contribution in [-0.2, 0) is 0 Å². The first-order valence-electron chi connectivity index (χ1n) is 5.20. The summed E-state index contributed by atoms with van der Waals surface area (Å²) < 4.78 is 10.5. The highest BCUT2D eigenvalue weighted by Crippen LogP contribution is 2.39. The van der Waals surface area contributed by atoms with Gasteiger partial charge in [-0.3, -0.25) is 0 Å². The van der Waals surface area contributed by atoms with Gasteiger partial charge >= 0.3 is 0 Å². The maximum Gasteiger partial charge on any atom is 0.127 e. The van der Waals surface area contributed by atoms with Gasteiger partial charge in [0.25, 0.3) is 0 Å². The summed E-state index contributed by atoms with van der Waals surface area (Å²) in [5.41, 5.74) is 7.83. The molecule has 0 fully saturated rings. The molecule has 0 saturated heterocycles. The summed E-state index contributed by atoms with van der Waals surface area (Å²) >= 11 is 1.34. The summed E-state index contributed by atoms with van der Waals surface area (Å²) in [6.45, 7) is 0. The van der Waals surface area contributed by atoms with E-state index in [1.807, 2.05) is 23.6 Å². The van der Waals surface area contributed by atoms with Gasteiger partial charge in [0.2, 0.25) is 0 Å². The van der Waals surface area contributed by atoms with E-state index in [2.05, 4.69) is 6.07 Å². The van der Waals surface area contributed by atoms with Gasteiger partial charge in [0, 0.05) is 16.5 Å². The van der Waals surface area contributed by atoms with Crippen LogP contribution in [0.5, 0.6) is 11.5 Å². The molecule has 0 radical (unpaired) electrons. The third-order valence-electron chi connectivity index (χ3n) is 2.63. The van der Waals surface area contributed by atoms with Crippen LogP contribution in [0.3, 0.4) is 0 Å². The summed E-state index contributed by atoms with van der Waals surface area (Å²) in [5.74, 6) is 1.39. The third kappa shape index (κ3) is 1.98. The van der Waals surface area contributed by atoms with Crippen molar-refractivity contribution in [1.82, 2.24) is 0 Å². The van der Waals surface area contributed by atoms with Gasteiger partial charge in [-0.2, -0.15) is 5.26 Å². The molecule has 0 aliphatic rings. The molecule has 0 atom stereocenters. The molecule has 1 heterocycles. The first kappa shape index (κ1) is 12.3. The predicted molar refractivity (Wildman–Crippen MR) is 72.0 cm³/mol. The Morgan fingerprint density at radius 3 is 2.61 bits per heavy atom. The zero-order valence-electron chi connectivity index (χ0n) is 10.1. The fourth-order valence-electron chi connectivity index (χ4n) is 1.71. The van der Waals surface area contributed by atoms with Crippen molar-refractivity contribution < 1.29 is 9.47 Å². The minimum atomic E-state index is 0.478. The molecule has 18 heavy (non-hydrogen) atoms. The number of anilines is 1. The third-order valence-corrected chi connectivity index (χ3v) is 3.44. The molecule has 0 amide bonds. The Balaban J connectivity index is 2.65. The molecular formula is C13H12N2O2S. The summed E-state index contributed by atoms with van der Waals surface area (Å²) in [6.07, 6.45) is 0. The lowest BCUT2D eigenvalue weighted by molar-refractivity contribution is 0.404. The quantitative estimate of drug-likeness (QED) is 0.921. The number of ether oxygens (including phenoxy) is 2. The van der Waals surface area contributed by atoms with Crippen LogP contribution in [0.15, 0.2) is 23.6 Å². The van der Waals surface area contributed by atoms with Crippen LogP contribution in [0.25, 0.3) is 11.1 Å². The second kappa shape index (κ2) is 4.98. The SMILES string of the molecule is COc1ccc(OC)c(-c2csc(N)c2C#N)c1. The Hall–Kier alpha value is -2.19. The highest BCUT2D eigenvalue weighted by Gasteiger charge is 2.15. The first-order chi connectivity index (χ1) is 8.71. The van der Waals surface area contributed by atoms with E-state index in [1.54, 1.807) is 14.2 Å². The van der Waals surface area contributed by atoms with Gasteiger partial charge in [0.1, 0.15) is 22.6 Å². The molecule has 0 saturated carbocycles. The van der Waals surface area contributed by atoms with Crippen molar-refractivity contribution in [3.8, 4) is 28.7 Å². The molecule has 5 heteroatoms. The van der Waals surface area contributed by atoms with Crippen LogP contribution in [-0.4, -0.2) is 14.2 Å². The lowest BCUT2D eigenvalue weighted by Gasteiger charge is -2.09. The number of thiophene rings is 1. The zero-order valence-corrected chi connectivity index (χ0v) is 10.9. The van der Waals surface area contributed by atoms with Crippen LogP contribution in [0.2, 0.25) is 0 Å². The molecule has 2 N–H and O–H groups in total. The summed E-state index contributed by atoms with van der Waals surface area (Å²) in [4.78, 5) is 0. The Bertz CT molecular complexity index is 614. The monoisotopic (exact) mass is 260 g/mol. The van der Waals surface area contributed by atoms with E-state index in [-0.39, 0.29) is 0 Å². The molecule has 4 nitrogen and oxygen atoms in total. The van der Waals surface area contributed by atoms with Gasteiger partial charge in [0.15, 0.2) is 0 Å². The number of benzene rings is 1. The van der Waals surface area contributed by atoms with Gasteiger partial charge in [-0.1, -0.05) is 0 Å². The largest absolute Gasteiger partial charge is 0.497 e. The van der Waals surface area contributed by atoms with Crippen LogP contribution in [0.4, 0.5) is 5.00 Å². The minimum Gasteiger partial charge on any atom is -0.497 e. The molecule has 92 valence electrons. The van der Waals surface area contributed by atoms with E-state index in [9.17, 15) is 0 Å². The number of nitrogens with zero attached hydrogens (tertiary/aromatic N) is 1. The number of nitrogens with two attached hydrogens (primary N) is 1. The molecule has 2 aromatic rings. The molecule has 1 aromatic heterocycles. The molecule has 2 rings (SSSR count). The van der Waals surface area contributed by atoms with Gasteiger partial charge in [-0.15, -0.1) is 11.3 Å². The molecule has 1 aromatic carbocycles. The van der Waals surface area contributed by atoms with E-state index in [0.717, 1.165) is 11.1 Å². The van der Waals surface area contributed by atoms with E-state index in [4.69, 9.17) is 20.5 Å². The zero-order chi connectivity index (χ0) is 13.1. The number of methoxy groups -OCH3 is 2. The van der Waals surface area contributed by atoms with Gasteiger partial charge < -0.3 is 15.2 Å². The summed E-state index contributed by atoms with van der Waals surface area (Å²) in [5, 5.41) is 11.5. The van der Waals surface area contributed by atoms with Crippen molar-refractivity contribution in [2.75, 3.05) is 20.0 Å². The number of nitrogen functional groups attached to an aromatic ring is 1. The van der Waals surface area contributed by atoms with Crippen molar-refractivity contribution in [3.63, 3.8) is 0 Å². The van der Waals surface area contributed by atoms with Crippen LogP contribution >= 0.6 is 11.3 Å². The van der Waals surface area contributed by atoms with Gasteiger partial charge in [0.05, 0.1) is 19.8 Å². The van der Waals surface area contributed by atoms with Crippen LogP contribution in [0.1, 0.15) is 5.56 Å². The Morgan fingerprint density at radius 1 is 1.22 bits per heavy atom. The van der Waals surface area contributed by atoms with E-state index in [1.165, 1.54) is 11.3 Å². The Kier molecular flexibility index (Phi) is 3.40. The van der Waals surface area contributed by atoms with Gasteiger partial charge in [-0.05, 0) is 18.2 Å². The van der Waals surface area contributed by atoms with Gasteiger partial charge in [-0.25, -0.2) is 0 Å². The maximum absolute atomic E-state index is 9.14. The van der Waals surface area contributed by atoms with Crippen LogP contribution in [0, 0.1) is 11.3 Å². The number of nitriles is 1. The average Bonchev–Trinajstić information content (AvgIpc) is 2.78. The van der Waals surface area contributed by atoms with Crippen molar-refractivity contribution in [2.45, 2.75) is 0 Å². The molecule has 0 spiro atoms. The smallest absolute Gasteiger partial charge is 0.127 e. The van der Waals surface area contributed by atoms with E-state index < -0.39 is 0 Å². The Labute approximate surface area is 109 Å². The molecule has 0 bridgehead atoms. The highest BCUT2D eigenvalue weighted by atomic mass is 32.1. The summed E-state index contributed by atoms with van der Waals surface area (Å²) in [7, 11) is 3.19. The van der Waals surface area contributed by atoms with E-state index >= 15 is 0 Å². The lowest BCUT2D eigenvalue weighted by atomic mass is 10.0. The fourth-order valence-corrected chi connectivity index (χ4v) is 2.47. The molecule has 0 aliphatic heterocycles. The van der Waals surface area contributed by atoms with Crippen LogP contribution < -0.4 is 15.2 Å². The standard InChI is InChI=1S/C13H12N2O2S/c1-16-8-3-4-12(17-2)9(5-8)11-7-18-13(15)10(11)6-14/h3-5,7H,15H2,1-2H3. The Morgan fingerprint density at radius 2 is 2.00 bits per heavy atom. The molecule has 0 unspecified atom stereocenters. The predicted octanol–water partition coefficient (Wildman–Crippen LogP) is 2.89.